The van der Waals surface area contributed by atoms with Crippen LogP contribution in [0.4, 0.5) is 0 Å². The van der Waals surface area contributed by atoms with E-state index in [0.717, 1.165) is 0 Å². The Balaban J connectivity index is 1.58. The van der Waals surface area contributed by atoms with E-state index in [2.05, 4.69) is 165 Å². The maximum absolute atomic E-state index is 2.49. The Labute approximate surface area is 273 Å². The summed E-state index contributed by atoms with van der Waals surface area (Å²) in [5.74, 6) is 0. The maximum atomic E-state index is 2.49. The van der Waals surface area contributed by atoms with E-state index in [1.807, 2.05) is 0 Å². The van der Waals surface area contributed by atoms with E-state index >= 15 is 0 Å². The summed E-state index contributed by atoms with van der Waals surface area (Å²) < 4.78 is 0. The van der Waals surface area contributed by atoms with E-state index in [9.17, 15) is 0 Å². The molecule has 8 rings (SSSR count). The van der Waals surface area contributed by atoms with Crippen LogP contribution < -0.4 is 0 Å². The van der Waals surface area contributed by atoms with Crippen LogP contribution in [0.2, 0.25) is 0 Å². The second-order valence-electron chi connectivity index (χ2n) is 15.5. The SMILES string of the molecule is Cc1ccc(-c2c(C(C)(C)C)cc3ccc4c(-c5ccc(C)c6ccccc56)c(C(C)(C)C)cc5ccc2c3c54)c2ccccc12. The van der Waals surface area contributed by atoms with Crippen molar-refractivity contribution in [2.75, 3.05) is 0 Å². The van der Waals surface area contributed by atoms with Crippen molar-refractivity contribution in [3.63, 3.8) is 0 Å². The monoisotopic (exact) mass is 594 g/mol. The maximum Gasteiger partial charge on any atom is -0.00201 e. The minimum Gasteiger partial charge on any atom is -0.0616 e. The molecule has 46 heavy (non-hydrogen) atoms. The molecule has 226 valence electrons. The molecule has 0 unspecified atom stereocenters. The number of rotatable bonds is 2. The average molecular weight is 595 g/mol. The van der Waals surface area contributed by atoms with Gasteiger partial charge in [-0.1, -0.05) is 139 Å². The van der Waals surface area contributed by atoms with Crippen LogP contribution in [0.3, 0.4) is 0 Å². The molecule has 8 aromatic carbocycles. The van der Waals surface area contributed by atoms with Crippen molar-refractivity contribution >= 4 is 53.9 Å². The molecule has 0 aliphatic heterocycles. The van der Waals surface area contributed by atoms with Gasteiger partial charge < -0.3 is 0 Å². The van der Waals surface area contributed by atoms with Crippen LogP contribution in [-0.2, 0) is 10.8 Å². The fourth-order valence-corrected chi connectivity index (χ4v) is 8.05. The first-order valence-corrected chi connectivity index (χ1v) is 16.7. The zero-order valence-corrected chi connectivity index (χ0v) is 28.4. The quantitative estimate of drug-likeness (QED) is 0.175. The Morgan fingerprint density at radius 1 is 0.370 bits per heavy atom. The molecular weight excluding hydrogens is 553 g/mol. The molecule has 0 heterocycles. The first-order chi connectivity index (χ1) is 21.9. The highest BCUT2D eigenvalue weighted by molar-refractivity contribution is 6.29. The standard InChI is InChI=1S/C46H42/c1-27-17-21-35(33-15-11-9-13-31(27)33)43-37-23-19-30-26-40(46(6,7)8)44(36-22-18-28(2)32-14-10-12-16-34(32)36)38-24-20-29(41(37)42(30)38)25-39(43)45(3,4)5/h9-26H,1-8H3. The molecular formula is C46H42. The van der Waals surface area contributed by atoms with Crippen LogP contribution in [-0.4, -0.2) is 0 Å². The molecule has 0 radical (unpaired) electrons. The summed E-state index contributed by atoms with van der Waals surface area (Å²) in [4.78, 5) is 0. The van der Waals surface area contributed by atoms with E-state index in [0.29, 0.717) is 0 Å². The third-order valence-corrected chi connectivity index (χ3v) is 10.3. The number of hydrogen-bond donors (Lipinski definition) is 0. The van der Waals surface area contributed by atoms with Crippen LogP contribution in [0, 0.1) is 13.8 Å². The van der Waals surface area contributed by atoms with E-state index < -0.39 is 0 Å². The Kier molecular flexibility index (Phi) is 6.20. The largest absolute Gasteiger partial charge is 0.0616 e. The summed E-state index contributed by atoms with van der Waals surface area (Å²) in [5, 5.41) is 13.4. The minimum atomic E-state index is -0.0306. The average Bonchev–Trinajstić information content (AvgIpc) is 3.03. The Morgan fingerprint density at radius 3 is 1.11 bits per heavy atom. The van der Waals surface area contributed by atoms with Crippen molar-refractivity contribution in [3.8, 4) is 22.3 Å². The topological polar surface area (TPSA) is 0 Å². The smallest absolute Gasteiger partial charge is 0.00201 e. The van der Waals surface area contributed by atoms with Gasteiger partial charge in [0.15, 0.2) is 0 Å². The molecule has 0 heteroatoms. The molecule has 0 aliphatic rings. The van der Waals surface area contributed by atoms with Crippen LogP contribution in [0.15, 0.2) is 109 Å². The molecule has 0 saturated carbocycles. The van der Waals surface area contributed by atoms with Crippen LogP contribution in [0.25, 0.3) is 76.1 Å². The third kappa shape index (κ3) is 4.19. The third-order valence-electron chi connectivity index (χ3n) is 10.3. The van der Waals surface area contributed by atoms with Gasteiger partial charge in [-0.05, 0) is 135 Å². The molecule has 0 fully saturated rings. The molecule has 0 amide bonds. The van der Waals surface area contributed by atoms with Gasteiger partial charge in [0.25, 0.3) is 0 Å². The highest BCUT2D eigenvalue weighted by Crippen LogP contribution is 2.50. The predicted molar refractivity (Wildman–Crippen MR) is 203 cm³/mol. The van der Waals surface area contributed by atoms with Gasteiger partial charge in [0, 0.05) is 0 Å². The zero-order valence-electron chi connectivity index (χ0n) is 28.4. The van der Waals surface area contributed by atoms with Crippen molar-refractivity contribution in [2.45, 2.75) is 66.2 Å². The van der Waals surface area contributed by atoms with Crippen molar-refractivity contribution in [2.24, 2.45) is 0 Å². The Bertz CT molecular complexity index is 2310. The van der Waals surface area contributed by atoms with Crippen molar-refractivity contribution < 1.29 is 0 Å². The van der Waals surface area contributed by atoms with Gasteiger partial charge >= 0.3 is 0 Å². The molecule has 0 spiro atoms. The zero-order chi connectivity index (χ0) is 32.1. The van der Waals surface area contributed by atoms with E-state index in [1.165, 1.54) is 98.4 Å². The fraction of sp³-hybridized carbons (Fsp3) is 0.217. The second kappa shape index (κ2) is 9.91. The summed E-state index contributed by atoms with van der Waals surface area (Å²) in [6.07, 6.45) is 0. The molecule has 8 aromatic rings. The van der Waals surface area contributed by atoms with Crippen LogP contribution >= 0.6 is 0 Å². The minimum absolute atomic E-state index is 0.0306. The fourth-order valence-electron chi connectivity index (χ4n) is 8.05. The second-order valence-corrected chi connectivity index (χ2v) is 15.5. The van der Waals surface area contributed by atoms with Crippen molar-refractivity contribution in [1.82, 2.24) is 0 Å². The van der Waals surface area contributed by atoms with Gasteiger partial charge in [0.2, 0.25) is 0 Å². The Morgan fingerprint density at radius 2 is 0.739 bits per heavy atom. The molecule has 0 saturated heterocycles. The predicted octanol–water partition coefficient (Wildman–Crippen LogP) is 13.4. The Hall–Kier alpha value is -4.68. The summed E-state index contributed by atoms with van der Waals surface area (Å²) in [7, 11) is 0. The lowest BCUT2D eigenvalue weighted by molar-refractivity contribution is 0.593. The van der Waals surface area contributed by atoms with Gasteiger partial charge in [-0.15, -0.1) is 0 Å². The lowest BCUT2D eigenvalue weighted by Gasteiger charge is -2.29. The van der Waals surface area contributed by atoms with Gasteiger partial charge in [-0.3, -0.25) is 0 Å². The first-order valence-electron chi connectivity index (χ1n) is 16.7. The summed E-state index contributed by atoms with van der Waals surface area (Å²) >= 11 is 0. The molecule has 0 nitrogen and oxygen atoms in total. The van der Waals surface area contributed by atoms with E-state index in [4.69, 9.17) is 0 Å². The summed E-state index contributed by atoms with van der Waals surface area (Å²) in [5.41, 5.74) is 10.8. The van der Waals surface area contributed by atoms with Gasteiger partial charge in [-0.25, -0.2) is 0 Å². The molecule has 0 bridgehead atoms. The normalized spacial score (nSPS) is 12.8. The summed E-state index contributed by atoms with van der Waals surface area (Å²) in [6, 6.07) is 41.8. The van der Waals surface area contributed by atoms with Gasteiger partial charge in [-0.2, -0.15) is 0 Å². The van der Waals surface area contributed by atoms with Gasteiger partial charge in [0.1, 0.15) is 0 Å². The molecule has 0 aromatic heterocycles. The van der Waals surface area contributed by atoms with Crippen molar-refractivity contribution in [1.29, 1.82) is 0 Å². The van der Waals surface area contributed by atoms with Crippen LogP contribution in [0.5, 0.6) is 0 Å². The van der Waals surface area contributed by atoms with Crippen LogP contribution in [0.1, 0.15) is 63.8 Å². The number of aryl methyl sites for hydroxylation is 2. The first kappa shape index (κ1) is 28.8. The lowest BCUT2D eigenvalue weighted by atomic mass is 9.74. The highest BCUT2D eigenvalue weighted by Gasteiger charge is 2.28. The molecule has 0 N–H and O–H groups in total. The van der Waals surface area contributed by atoms with Gasteiger partial charge in [0.05, 0.1) is 0 Å². The number of hydrogen-bond acceptors (Lipinski definition) is 0. The highest BCUT2D eigenvalue weighted by atomic mass is 14.3. The number of benzene rings is 8. The lowest BCUT2D eigenvalue weighted by Crippen LogP contribution is -2.14. The molecule has 0 aliphatic carbocycles. The van der Waals surface area contributed by atoms with E-state index in [1.54, 1.807) is 0 Å². The van der Waals surface area contributed by atoms with Crippen molar-refractivity contribution in [3.05, 3.63) is 131 Å². The number of fused-ring (bicyclic) bond motifs is 2. The van der Waals surface area contributed by atoms with E-state index in [-0.39, 0.29) is 10.8 Å². The summed E-state index contributed by atoms with van der Waals surface area (Å²) in [6.45, 7) is 18.6. The molecule has 0 atom stereocenters.